The number of nitrogens with zero attached hydrogens (tertiary/aromatic N) is 1. The number of ether oxygens (including phenoxy) is 1. The van der Waals surface area contributed by atoms with E-state index in [0.29, 0.717) is 11.3 Å². The van der Waals surface area contributed by atoms with E-state index in [0.717, 1.165) is 0 Å². The average Bonchev–Trinajstić information content (AvgIpc) is 2.49. The van der Waals surface area contributed by atoms with Gasteiger partial charge in [0.15, 0.2) is 0 Å². The third-order valence-electron chi connectivity index (χ3n) is 2.80. The Hall–Kier alpha value is -2.72. The Morgan fingerprint density at radius 3 is 2.38 bits per heavy atom. The highest BCUT2D eigenvalue weighted by atomic mass is 32.2. The van der Waals surface area contributed by atoms with Gasteiger partial charge in [-0.05, 0) is 36.4 Å². The Kier molecular flexibility index (Phi) is 4.00. The van der Waals surface area contributed by atoms with Gasteiger partial charge in [0.2, 0.25) is 0 Å². The molecule has 0 bridgehead atoms. The maximum absolute atomic E-state index is 12.2. The molecule has 0 aliphatic carbocycles. The van der Waals surface area contributed by atoms with Crippen molar-refractivity contribution in [2.24, 2.45) is 0 Å². The van der Waals surface area contributed by atoms with Crippen LogP contribution in [0.3, 0.4) is 0 Å². The van der Waals surface area contributed by atoms with Crippen molar-refractivity contribution in [3.8, 4) is 11.8 Å². The molecule has 108 valence electrons. The van der Waals surface area contributed by atoms with E-state index in [1.807, 2.05) is 6.07 Å². The molecule has 7 heteroatoms. The lowest BCUT2D eigenvalue weighted by molar-refractivity contribution is 0.415. The van der Waals surface area contributed by atoms with Gasteiger partial charge < -0.3 is 10.5 Å². The minimum absolute atomic E-state index is 0.0525. The van der Waals surface area contributed by atoms with Crippen molar-refractivity contribution >= 4 is 21.4 Å². The number of nitrogen functional groups attached to an aromatic ring is 1. The zero-order valence-electron chi connectivity index (χ0n) is 11.2. The van der Waals surface area contributed by atoms with Crippen LogP contribution in [-0.2, 0) is 10.0 Å². The van der Waals surface area contributed by atoms with Crippen LogP contribution in [0, 0.1) is 11.3 Å². The standard InChI is InChI=1S/C14H13N3O3S/c1-20-11-4-7-14(13(16)8-11)17-21(18,19)12-5-2-10(9-15)3-6-12/h2-8,17H,16H2,1H3. The number of nitrogens with one attached hydrogen (secondary N) is 1. The van der Waals surface area contributed by atoms with Crippen LogP contribution >= 0.6 is 0 Å². The molecule has 0 aliphatic rings. The molecule has 0 aliphatic heterocycles. The third-order valence-corrected chi connectivity index (χ3v) is 4.18. The van der Waals surface area contributed by atoms with Crippen molar-refractivity contribution < 1.29 is 13.2 Å². The van der Waals surface area contributed by atoms with Gasteiger partial charge in [-0.15, -0.1) is 0 Å². The molecule has 3 N–H and O–H groups in total. The highest BCUT2D eigenvalue weighted by Gasteiger charge is 2.15. The van der Waals surface area contributed by atoms with Crippen molar-refractivity contribution in [1.29, 1.82) is 5.26 Å². The van der Waals surface area contributed by atoms with Crippen LogP contribution in [0.2, 0.25) is 0 Å². The Bertz CT molecular complexity index is 793. The van der Waals surface area contributed by atoms with E-state index in [1.165, 1.54) is 43.5 Å². The molecule has 2 aromatic carbocycles. The Labute approximate surface area is 122 Å². The largest absolute Gasteiger partial charge is 0.497 e. The average molecular weight is 303 g/mol. The Balaban J connectivity index is 2.30. The minimum atomic E-state index is -3.76. The van der Waals surface area contributed by atoms with Crippen molar-refractivity contribution in [2.45, 2.75) is 4.90 Å². The molecule has 6 nitrogen and oxygen atoms in total. The molecule has 0 saturated heterocycles. The van der Waals surface area contributed by atoms with Crippen molar-refractivity contribution in [1.82, 2.24) is 0 Å². The normalized spacial score (nSPS) is 10.7. The first-order valence-electron chi connectivity index (χ1n) is 5.93. The zero-order chi connectivity index (χ0) is 15.5. The molecule has 0 heterocycles. The number of methoxy groups -OCH3 is 1. The molecule has 0 aromatic heterocycles. The van der Waals surface area contributed by atoms with Crippen LogP contribution in [0.1, 0.15) is 5.56 Å². The molecule has 0 saturated carbocycles. The molecular formula is C14H13N3O3S. The van der Waals surface area contributed by atoms with Crippen LogP contribution in [0.25, 0.3) is 0 Å². The van der Waals surface area contributed by atoms with Gasteiger partial charge in [-0.1, -0.05) is 0 Å². The number of hydrogen-bond donors (Lipinski definition) is 2. The monoisotopic (exact) mass is 303 g/mol. The van der Waals surface area contributed by atoms with Crippen LogP contribution in [0.4, 0.5) is 11.4 Å². The van der Waals surface area contributed by atoms with Crippen LogP contribution < -0.4 is 15.2 Å². The maximum Gasteiger partial charge on any atom is 0.261 e. The molecule has 0 spiro atoms. The first kappa shape index (κ1) is 14.7. The van der Waals surface area contributed by atoms with Gasteiger partial charge in [-0.25, -0.2) is 8.42 Å². The number of nitrogens with two attached hydrogens (primary N) is 1. The quantitative estimate of drug-likeness (QED) is 0.840. The first-order valence-corrected chi connectivity index (χ1v) is 7.41. The van der Waals surface area contributed by atoms with Gasteiger partial charge in [0.05, 0.1) is 35.0 Å². The lowest BCUT2D eigenvalue weighted by Crippen LogP contribution is -2.14. The molecule has 0 atom stereocenters. The van der Waals surface area contributed by atoms with Crippen molar-refractivity contribution in [3.63, 3.8) is 0 Å². The fourth-order valence-electron chi connectivity index (χ4n) is 1.67. The molecule has 0 amide bonds. The lowest BCUT2D eigenvalue weighted by atomic mass is 10.2. The molecule has 0 fully saturated rings. The molecule has 0 unspecified atom stereocenters. The summed E-state index contributed by atoms with van der Waals surface area (Å²) in [5.41, 5.74) is 6.68. The molecule has 21 heavy (non-hydrogen) atoms. The molecule has 2 rings (SSSR count). The summed E-state index contributed by atoms with van der Waals surface area (Å²) < 4.78 is 31.9. The summed E-state index contributed by atoms with van der Waals surface area (Å²) in [4.78, 5) is 0.0525. The van der Waals surface area contributed by atoms with E-state index in [9.17, 15) is 8.42 Å². The second kappa shape index (κ2) is 5.73. The number of benzene rings is 2. The second-order valence-electron chi connectivity index (χ2n) is 4.19. The Morgan fingerprint density at radius 1 is 1.19 bits per heavy atom. The van der Waals surface area contributed by atoms with Gasteiger partial charge >= 0.3 is 0 Å². The van der Waals surface area contributed by atoms with Crippen LogP contribution in [-0.4, -0.2) is 15.5 Å². The van der Waals surface area contributed by atoms with E-state index in [2.05, 4.69) is 4.72 Å². The summed E-state index contributed by atoms with van der Waals surface area (Å²) in [5, 5.41) is 8.71. The van der Waals surface area contributed by atoms with E-state index in [4.69, 9.17) is 15.7 Å². The van der Waals surface area contributed by atoms with Crippen molar-refractivity contribution in [3.05, 3.63) is 48.0 Å². The number of rotatable bonds is 4. The number of anilines is 2. The van der Waals surface area contributed by atoms with Crippen molar-refractivity contribution in [2.75, 3.05) is 17.6 Å². The topological polar surface area (TPSA) is 105 Å². The molecular weight excluding hydrogens is 290 g/mol. The highest BCUT2D eigenvalue weighted by molar-refractivity contribution is 7.92. The summed E-state index contributed by atoms with van der Waals surface area (Å²) in [6.07, 6.45) is 0. The van der Waals surface area contributed by atoms with Gasteiger partial charge in [-0.3, -0.25) is 4.72 Å². The molecule has 0 radical (unpaired) electrons. The summed E-state index contributed by atoms with van der Waals surface area (Å²) in [6.45, 7) is 0. The second-order valence-corrected chi connectivity index (χ2v) is 5.88. The third kappa shape index (κ3) is 3.24. The number of nitriles is 1. The Morgan fingerprint density at radius 2 is 1.86 bits per heavy atom. The van der Waals surface area contributed by atoms with Crippen LogP contribution in [0.15, 0.2) is 47.4 Å². The van der Waals surface area contributed by atoms with Crippen LogP contribution in [0.5, 0.6) is 5.75 Å². The fraction of sp³-hybridized carbons (Fsp3) is 0.0714. The smallest absolute Gasteiger partial charge is 0.261 e. The SMILES string of the molecule is COc1ccc(NS(=O)(=O)c2ccc(C#N)cc2)c(N)c1. The van der Waals surface area contributed by atoms with E-state index < -0.39 is 10.0 Å². The van der Waals surface area contributed by atoms with Gasteiger partial charge in [0.25, 0.3) is 10.0 Å². The summed E-state index contributed by atoms with van der Waals surface area (Å²) in [5.74, 6) is 0.536. The van der Waals surface area contributed by atoms with E-state index in [1.54, 1.807) is 6.07 Å². The van der Waals surface area contributed by atoms with E-state index in [-0.39, 0.29) is 16.3 Å². The van der Waals surface area contributed by atoms with E-state index >= 15 is 0 Å². The fourth-order valence-corrected chi connectivity index (χ4v) is 2.76. The number of sulfonamides is 1. The summed E-state index contributed by atoms with van der Waals surface area (Å²) in [6, 6.07) is 12.2. The predicted octanol–water partition coefficient (Wildman–Crippen LogP) is 1.95. The van der Waals surface area contributed by atoms with Gasteiger partial charge in [-0.2, -0.15) is 5.26 Å². The highest BCUT2D eigenvalue weighted by Crippen LogP contribution is 2.26. The minimum Gasteiger partial charge on any atom is -0.497 e. The predicted molar refractivity (Wildman–Crippen MR) is 79.4 cm³/mol. The van der Waals surface area contributed by atoms with Gasteiger partial charge in [0, 0.05) is 6.07 Å². The maximum atomic E-state index is 12.2. The zero-order valence-corrected chi connectivity index (χ0v) is 12.0. The van der Waals surface area contributed by atoms with Gasteiger partial charge in [0.1, 0.15) is 5.75 Å². The lowest BCUT2D eigenvalue weighted by Gasteiger charge is -2.11. The number of hydrogen-bond acceptors (Lipinski definition) is 5. The molecule has 2 aromatic rings. The first-order chi connectivity index (χ1) is 9.96. The summed E-state index contributed by atoms with van der Waals surface area (Å²) in [7, 11) is -2.27. The summed E-state index contributed by atoms with van der Waals surface area (Å²) >= 11 is 0.